The summed E-state index contributed by atoms with van der Waals surface area (Å²) >= 11 is 0. The summed E-state index contributed by atoms with van der Waals surface area (Å²) in [4.78, 5) is 23.3. The molecule has 0 radical (unpaired) electrons. The number of benzene rings is 2. The summed E-state index contributed by atoms with van der Waals surface area (Å²) in [5.74, 6) is -0.113. The molecule has 0 saturated carbocycles. The van der Waals surface area contributed by atoms with E-state index in [1.165, 1.54) is 5.56 Å². The van der Waals surface area contributed by atoms with Crippen molar-refractivity contribution in [2.24, 2.45) is 0 Å². The highest BCUT2D eigenvalue weighted by molar-refractivity contribution is 5.90. The summed E-state index contributed by atoms with van der Waals surface area (Å²) < 4.78 is 5.12. The van der Waals surface area contributed by atoms with E-state index in [4.69, 9.17) is 4.74 Å². The molecule has 0 saturated heterocycles. The second-order valence-corrected chi connectivity index (χ2v) is 6.76. The van der Waals surface area contributed by atoms with Crippen molar-refractivity contribution in [3.8, 4) is 5.75 Å². The summed E-state index contributed by atoms with van der Waals surface area (Å²) in [5.41, 5.74) is 1.58. The third-order valence-corrected chi connectivity index (χ3v) is 4.45. The standard InChI is InChI=1S/C21H25NO4/c1-21(2,20(24)25)16-9-11-17(12-10-16)22-19(23)6-4-5-15-7-13-18(26-3)14-8-15/h7-14H,4-6H2,1-3H3,(H,22,23)(H,24,25). The fourth-order valence-electron chi connectivity index (χ4n) is 2.56. The fraction of sp³-hybridized carbons (Fsp3) is 0.333. The van der Waals surface area contributed by atoms with Gasteiger partial charge < -0.3 is 15.2 Å². The molecular formula is C21H25NO4. The Labute approximate surface area is 154 Å². The lowest BCUT2D eigenvalue weighted by molar-refractivity contribution is -0.142. The molecule has 26 heavy (non-hydrogen) atoms. The first-order chi connectivity index (χ1) is 12.3. The van der Waals surface area contributed by atoms with Crippen LogP contribution in [0.15, 0.2) is 48.5 Å². The summed E-state index contributed by atoms with van der Waals surface area (Å²) in [5, 5.41) is 12.1. The molecule has 0 unspecified atom stereocenters. The highest BCUT2D eigenvalue weighted by atomic mass is 16.5. The predicted molar refractivity (Wildman–Crippen MR) is 102 cm³/mol. The van der Waals surface area contributed by atoms with E-state index in [-0.39, 0.29) is 5.91 Å². The lowest BCUT2D eigenvalue weighted by atomic mass is 9.85. The number of ether oxygens (including phenoxy) is 1. The minimum atomic E-state index is -0.957. The second-order valence-electron chi connectivity index (χ2n) is 6.76. The van der Waals surface area contributed by atoms with E-state index < -0.39 is 11.4 Å². The number of hydrogen-bond donors (Lipinski definition) is 2. The zero-order valence-electron chi connectivity index (χ0n) is 15.4. The van der Waals surface area contributed by atoms with Gasteiger partial charge in [0.1, 0.15) is 5.75 Å². The van der Waals surface area contributed by atoms with Gasteiger partial charge in [-0.05, 0) is 62.1 Å². The van der Waals surface area contributed by atoms with Crippen LogP contribution in [0.1, 0.15) is 37.8 Å². The lowest BCUT2D eigenvalue weighted by Crippen LogP contribution is -2.28. The van der Waals surface area contributed by atoms with Crippen molar-refractivity contribution >= 4 is 17.6 Å². The topological polar surface area (TPSA) is 75.6 Å². The molecule has 0 spiro atoms. The van der Waals surface area contributed by atoms with Crippen LogP contribution in [0.5, 0.6) is 5.75 Å². The van der Waals surface area contributed by atoms with Crippen LogP contribution in [0.3, 0.4) is 0 Å². The minimum Gasteiger partial charge on any atom is -0.497 e. The fourth-order valence-corrected chi connectivity index (χ4v) is 2.56. The zero-order valence-corrected chi connectivity index (χ0v) is 15.4. The maximum absolute atomic E-state index is 12.1. The van der Waals surface area contributed by atoms with Crippen LogP contribution in [0.2, 0.25) is 0 Å². The number of hydrogen-bond acceptors (Lipinski definition) is 3. The van der Waals surface area contributed by atoms with Gasteiger partial charge in [-0.1, -0.05) is 24.3 Å². The van der Waals surface area contributed by atoms with Crippen LogP contribution >= 0.6 is 0 Å². The van der Waals surface area contributed by atoms with Gasteiger partial charge in [0.25, 0.3) is 0 Å². The smallest absolute Gasteiger partial charge is 0.313 e. The van der Waals surface area contributed by atoms with Gasteiger partial charge in [0, 0.05) is 12.1 Å². The molecule has 0 bridgehead atoms. The number of aryl methyl sites for hydroxylation is 1. The number of carboxylic acid groups (broad SMARTS) is 1. The number of amides is 1. The molecule has 2 aromatic carbocycles. The number of carboxylic acids is 1. The first-order valence-corrected chi connectivity index (χ1v) is 8.59. The zero-order chi connectivity index (χ0) is 19.2. The van der Waals surface area contributed by atoms with Gasteiger partial charge in [0.2, 0.25) is 5.91 Å². The number of rotatable bonds is 8. The molecule has 0 atom stereocenters. The Kier molecular flexibility index (Phi) is 6.39. The molecular weight excluding hydrogens is 330 g/mol. The van der Waals surface area contributed by atoms with Gasteiger partial charge in [-0.3, -0.25) is 9.59 Å². The van der Waals surface area contributed by atoms with E-state index in [0.29, 0.717) is 17.7 Å². The Hall–Kier alpha value is -2.82. The van der Waals surface area contributed by atoms with E-state index in [2.05, 4.69) is 5.32 Å². The van der Waals surface area contributed by atoms with Gasteiger partial charge in [0.15, 0.2) is 0 Å². The van der Waals surface area contributed by atoms with Crippen LogP contribution < -0.4 is 10.1 Å². The van der Waals surface area contributed by atoms with Crippen molar-refractivity contribution in [3.05, 3.63) is 59.7 Å². The molecule has 2 aromatic rings. The van der Waals surface area contributed by atoms with Crippen molar-refractivity contribution in [2.45, 2.75) is 38.5 Å². The van der Waals surface area contributed by atoms with Crippen molar-refractivity contribution in [3.63, 3.8) is 0 Å². The third-order valence-electron chi connectivity index (χ3n) is 4.45. The van der Waals surface area contributed by atoms with E-state index >= 15 is 0 Å². The van der Waals surface area contributed by atoms with Gasteiger partial charge >= 0.3 is 5.97 Å². The van der Waals surface area contributed by atoms with Crippen LogP contribution in [-0.4, -0.2) is 24.1 Å². The van der Waals surface area contributed by atoms with Crippen LogP contribution in [0.4, 0.5) is 5.69 Å². The summed E-state index contributed by atoms with van der Waals surface area (Å²) in [6.45, 7) is 3.31. The van der Waals surface area contributed by atoms with Crippen molar-refractivity contribution < 1.29 is 19.4 Å². The number of anilines is 1. The molecule has 138 valence electrons. The molecule has 5 heteroatoms. The van der Waals surface area contributed by atoms with Gasteiger partial charge in [0.05, 0.1) is 12.5 Å². The average molecular weight is 355 g/mol. The maximum atomic E-state index is 12.1. The Balaban J connectivity index is 1.83. The first kappa shape index (κ1) is 19.5. The monoisotopic (exact) mass is 355 g/mol. The lowest BCUT2D eigenvalue weighted by Gasteiger charge is -2.19. The number of carbonyl (C=O) groups is 2. The van der Waals surface area contributed by atoms with Crippen molar-refractivity contribution in [1.29, 1.82) is 0 Å². The van der Waals surface area contributed by atoms with Gasteiger partial charge in [-0.2, -0.15) is 0 Å². The minimum absolute atomic E-state index is 0.0521. The molecule has 5 nitrogen and oxygen atoms in total. The number of nitrogens with one attached hydrogen (secondary N) is 1. The second kappa shape index (κ2) is 8.52. The normalized spacial score (nSPS) is 11.0. The molecule has 1 amide bonds. The Bertz CT molecular complexity index is 749. The molecule has 0 fully saturated rings. The molecule has 0 aliphatic carbocycles. The van der Waals surface area contributed by atoms with E-state index in [1.54, 1.807) is 45.2 Å². The van der Waals surface area contributed by atoms with E-state index in [1.807, 2.05) is 24.3 Å². The Morgan fingerprint density at radius 3 is 2.19 bits per heavy atom. The summed E-state index contributed by atoms with van der Waals surface area (Å²) in [6, 6.07) is 14.8. The average Bonchev–Trinajstić information content (AvgIpc) is 2.62. The Morgan fingerprint density at radius 1 is 1.04 bits per heavy atom. The molecule has 2 N–H and O–H groups in total. The number of carbonyl (C=O) groups excluding carboxylic acids is 1. The van der Waals surface area contributed by atoms with Crippen LogP contribution in [0, 0.1) is 0 Å². The predicted octanol–water partition coefficient (Wildman–Crippen LogP) is 4.02. The number of methoxy groups -OCH3 is 1. The third kappa shape index (κ3) is 5.09. The summed E-state index contributed by atoms with van der Waals surface area (Å²) in [6.07, 6.45) is 2.00. The highest BCUT2D eigenvalue weighted by Gasteiger charge is 2.29. The first-order valence-electron chi connectivity index (χ1n) is 8.59. The molecule has 0 aliphatic rings. The largest absolute Gasteiger partial charge is 0.497 e. The van der Waals surface area contributed by atoms with Gasteiger partial charge in [-0.25, -0.2) is 0 Å². The maximum Gasteiger partial charge on any atom is 0.313 e. The van der Waals surface area contributed by atoms with Crippen molar-refractivity contribution in [2.75, 3.05) is 12.4 Å². The van der Waals surface area contributed by atoms with Gasteiger partial charge in [-0.15, -0.1) is 0 Å². The Morgan fingerprint density at radius 2 is 1.65 bits per heavy atom. The SMILES string of the molecule is COc1ccc(CCCC(=O)Nc2ccc(C(C)(C)C(=O)O)cc2)cc1. The summed E-state index contributed by atoms with van der Waals surface area (Å²) in [7, 11) is 1.63. The quantitative estimate of drug-likeness (QED) is 0.750. The van der Waals surface area contributed by atoms with E-state index in [0.717, 1.165) is 18.6 Å². The van der Waals surface area contributed by atoms with Crippen molar-refractivity contribution in [1.82, 2.24) is 0 Å². The number of aliphatic carboxylic acids is 1. The van der Waals surface area contributed by atoms with Crippen LogP contribution in [-0.2, 0) is 21.4 Å². The molecule has 2 rings (SSSR count). The molecule has 0 aromatic heterocycles. The molecule has 0 aliphatic heterocycles. The van der Waals surface area contributed by atoms with E-state index in [9.17, 15) is 14.7 Å². The van der Waals surface area contributed by atoms with Crippen LogP contribution in [0.25, 0.3) is 0 Å². The highest BCUT2D eigenvalue weighted by Crippen LogP contribution is 2.25. The molecule has 0 heterocycles.